The average Bonchev–Trinajstić information content (AvgIpc) is 3.21. The molecule has 142 valence electrons. The van der Waals surface area contributed by atoms with Crippen LogP contribution in [0.3, 0.4) is 0 Å². The number of imide groups is 1. The Labute approximate surface area is 161 Å². The molecule has 8 heteroatoms. The van der Waals surface area contributed by atoms with E-state index in [1.165, 1.54) is 22.3 Å². The topological polar surface area (TPSA) is 92.3 Å². The van der Waals surface area contributed by atoms with Crippen molar-refractivity contribution in [2.24, 2.45) is 0 Å². The number of aromatic nitrogens is 2. The van der Waals surface area contributed by atoms with Crippen LogP contribution in [0.2, 0.25) is 0 Å². The molecule has 0 saturated heterocycles. The molecule has 1 aliphatic rings. The number of hydrogen-bond acceptors (Lipinski definition) is 6. The summed E-state index contributed by atoms with van der Waals surface area (Å²) in [6.45, 7) is 4.50. The number of aryl methyl sites for hydroxylation is 1. The standard InChI is InChI=1S/C19H22N4O3S/c1-3-5-7-15-21-22-19(27-15)20-16(24)12-8-9-13-14(11-12)18(26)23(17(13)25)10-6-4-2/h8-9,11H,3-7,10H2,1-2H3,(H,20,22,24). The molecule has 1 N–H and O–H groups in total. The van der Waals surface area contributed by atoms with E-state index in [1.807, 2.05) is 6.92 Å². The van der Waals surface area contributed by atoms with Crippen molar-refractivity contribution >= 4 is 34.2 Å². The largest absolute Gasteiger partial charge is 0.296 e. The van der Waals surface area contributed by atoms with Gasteiger partial charge < -0.3 is 0 Å². The fourth-order valence-corrected chi connectivity index (χ4v) is 3.63. The zero-order valence-corrected chi connectivity index (χ0v) is 16.3. The second-order valence-electron chi connectivity index (χ2n) is 6.43. The maximum atomic E-state index is 12.5. The Kier molecular flexibility index (Phi) is 5.95. The lowest BCUT2D eigenvalue weighted by atomic mass is 10.1. The van der Waals surface area contributed by atoms with Gasteiger partial charge in [0.05, 0.1) is 11.1 Å². The Hall–Kier alpha value is -2.61. The van der Waals surface area contributed by atoms with Crippen LogP contribution in [0.1, 0.15) is 75.6 Å². The van der Waals surface area contributed by atoms with Gasteiger partial charge in [0.15, 0.2) is 0 Å². The number of anilines is 1. The SMILES string of the molecule is CCCCc1nnc(NC(=O)c2ccc3c(c2)C(=O)N(CCCC)C3=O)s1. The van der Waals surface area contributed by atoms with E-state index >= 15 is 0 Å². The molecule has 0 fully saturated rings. The zero-order valence-electron chi connectivity index (χ0n) is 15.4. The summed E-state index contributed by atoms with van der Waals surface area (Å²) < 4.78 is 0. The van der Waals surface area contributed by atoms with Crippen molar-refractivity contribution < 1.29 is 14.4 Å². The van der Waals surface area contributed by atoms with Crippen LogP contribution in [0.25, 0.3) is 0 Å². The lowest BCUT2D eigenvalue weighted by molar-refractivity contribution is 0.0652. The molecule has 3 rings (SSSR count). The van der Waals surface area contributed by atoms with Crippen LogP contribution in [0.4, 0.5) is 5.13 Å². The number of benzene rings is 1. The smallest absolute Gasteiger partial charge is 0.261 e. The van der Waals surface area contributed by atoms with Gasteiger partial charge in [-0.05, 0) is 31.0 Å². The molecule has 0 saturated carbocycles. The lowest BCUT2D eigenvalue weighted by Gasteiger charge is -2.12. The second-order valence-corrected chi connectivity index (χ2v) is 7.50. The molecule has 2 heterocycles. The Bertz CT molecular complexity index is 878. The summed E-state index contributed by atoms with van der Waals surface area (Å²) in [7, 11) is 0. The zero-order chi connectivity index (χ0) is 19.4. The molecule has 27 heavy (non-hydrogen) atoms. The molecule has 0 aliphatic carbocycles. The Morgan fingerprint density at radius 3 is 2.56 bits per heavy atom. The van der Waals surface area contributed by atoms with Gasteiger partial charge in [0.25, 0.3) is 17.7 Å². The van der Waals surface area contributed by atoms with Gasteiger partial charge in [-0.15, -0.1) is 10.2 Å². The summed E-state index contributed by atoms with van der Waals surface area (Å²) in [4.78, 5) is 38.6. The molecule has 7 nitrogen and oxygen atoms in total. The van der Waals surface area contributed by atoms with E-state index in [1.54, 1.807) is 12.1 Å². The predicted octanol–water partition coefficient (Wildman–Crippen LogP) is 3.53. The minimum Gasteiger partial charge on any atom is -0.296 e. The fourth-order valence-electron chi connectivity index (χ4n) is 2.85. The average molecular weight is 386 g/mol. The van der Waals surface area contributed by atoms with Crippen LogP contribution >= 0.6 is 11.3 Å². The van der Waals surface area contributed by atoms with Gasteiger partial charge in [0, 0.05) is 18.5 Å². The number of carbonyl (C=O) groups is 3. The summed E-state index contributed by atoms with van der Waals surface area (Å²) in [5.74, 6) is -1.00. The van der Waals surface area contributed by atoms with Crippen molar-refractivity contribution in [3.05, 3.63) is 39.9 Å². The van der Waals surface area contributed by atoms with Gasteiger partial charge in [-0.2, -0.15) is 0 Å². The highest BCUT2D eigenvalue weighted by Gasteiger charge is 2.35. The van der Waals surface area contributed by atoms with Crippen LogP contribution in [-0.2, 0) is 6.42 Å². The van der Waals surface area contributed by atoms with Crippen LogP contribution in [0.5, 0.6) is 0 Å². The first kappa shape index (κ1) is 19.2. The monoisotopic (exact) mass is 386 g/mol. The highest BCUT2D eigenvalue weighted by molar-refractivity contribution is 7.15. The van der Waals surface area contributed by atoms with E-state index < -0.39 is 0 Å². The Balaban J connectivity index is 1.73. The predicted molar refractivity (Wildman–Crippen MR) is 103 cm³/mol. The minimum absolute atomic E-state index is 0.282. The van der Waals surface area contributed by atoms with E-state index in [0.717, 1.165) is 37.1 Å². The van der Waals surface area contributed by atoms with Crippen molar-refractivity contribution in [3.63, 3.8) is 0 Å². The van der Waals surface area contributed by atoms with Crippen LogP contribution in [0, 0.1) is 0 Å². The molecule has 0 unspecified atom stereocenters. The molecular weight excluding hydrogens is 364 g/mol. The number of fused-ring (bicyclic) bond motifs is 1. The molecule has 3 amide bonds. The van der Waals surface area contributed by atoms with Crippen LogP contribution < -0.4 is 5.32 Å². The van der Waals surface area contributed by atoms with Gasteiger partial charge in [-0.1, -0.05) is 38.0 Å². The summed E-state index contributed by atoms with van der Waals surface area (Å²) in [6, 6.07) is 4.58. The molecular formula is C19H22N4O3S. The normalized spacial score (nSPS) is 13.2. The Morgan fingerprint density at radius 1 is 1.07 bits per heavy atom. The Morgan fingerprint density at radius 2 is 1.81 bits per heavy atom. The van der Waals surface area contributed by atoms with E-state index in [0.29, 0.717) is 22.8 Å². The third kappa shape index (κ3) is 4.05. The van der Waals surface area contributed by atoms with E-state index in [9.17, 15) is 14.4 Å². The molecule has 0 bridgehead atoms. The van der Waals surface area contributed by atoms with Gasteiger partial charge in [0.2, 0.25) is 5.13 Å². The lowest BCUT2D eigenvalue weighted by Crippen LogP contribution is -2.30. The van der Waals surface area contributed by atoms with Crippen LogP contribution in [-0.4, -0.2) is 39.4 Å². The summed E-state index contributed by atoms with van der Waals surface area (Å²) in [5.41, 5.74) is 0.952. The van der Waals surface area contributed by atoms with Gasteiger partial charge in [-0.3, -0.25) is 24.6 Å². The van der Waals surface area contributed by atoms with Gasteiger partial charge in [-0.25, -0.2) is 0 Å². The number of rotatable bonds is 8. The summed E-state index contributed by atoms with van der Waals surface area (Å²) in [5, 5.41) is 12.1. The number of amides is 3. The summed E-state index contributed by atoms with van der Waals surface area (Å²) in [6.07, 6.45) is 4.59. The maximum Gasteiger partial charge on any atom is 0.261 e. The molecule has 0 atom stereocenters. The number of nitrogens with zero attached hydrogens (tertiary/aromatic N) is 3. The van der Waals surface area contributed by atoms with E-state index in [2.05, 4.69) is 22.4 Å². The third-order valence-electron chi connectivity index (χ3n) is 4.40. The van der Waals surface area contributed by atoms with Crippen molar-refractivity contribution in [2.45, 2.75) is 46.0 Å². The maximum absolute atomic E-state index is 12.5. The fraction of sp³-hybridized carbons (Fsp3) is 0.421. The number of nitrogens with one attached hydrogen (secondary N) is 1. The van der Waals surface area contributed by atoms with Crippen LogP contribution in [0.15, 0.2) is 18.2 Å². The van der Waals surface area contributed by atoms with E-state index in [-0.39, 0.29) is 23.3 Å². The first-order valence-corrected chi connectivity index (χ1v) is 10.0. The van der Waals surface area contributed by atoms with E-state index in [4.69, 9.17) is 0 Å². The first-order chi connectivity index (χ1) is 13.0. The number of hydrogen-bond donors (Lipinski definition) is 1. The highest BCUT2D eigenvalue weighted by atomic mass is 32.1. The highest BCUT2D eigenvalue weighted by Crippen LogP contribution is 2.25. The molecule has 1 aromatic heterocycles. The second kappa shape index (κ2) is 8.39. The summed E-state index contributed by atoms with van der Waals surface area (Å²) >= 11 is 1.35. The van der Waals surface area contributed by atoms with Gasteiger partial charge >= 0.3 is 0 Å². The van der Waals surface area contributed by atoms with Crippen molar-refractivity contribution in [1.29, 1.82) is 0 Å². The van der Waals surface area contributed by atoms with Gasteiger partial charge in [0.1, 0.15) is 5.01 Å². The molecule has 1 aliphatic heterocycles. The molecule has 1 aromatic carbocycles. The number of carbonyl (C=O) groups excluding carboxylic acids is 3. The van der Waals surface area contributed by atoms with Crippen molar-refractivity contribution in [1.82, 2.24) is 15.1 Å². The molecule has 2 aromatic rings. The first-order valence-electron chi connectivity index (χ1n) is 9.19. The number of unbranched alkanes of at least 4 members (excludes halogenated alkanes) is 2. The third-order valence-corrected chi connectivity index (χ3v) is 5.30. The van der Waals surface area contributed by atoms with Crippen molar-refractivity contribution in [3.8, 4) is 0 Å². The molecule has 0 spiro atoms. The minimum atomic E-state index is -0.372. The van der Waals surface area contributed by atoms with Crippen molar-refractivity contribution in [2.75, 3.05) is 11.9 Å². The molecule has 0 radical (unpaired) electrons. The quantitative estimate of drug-likeness (QED) is 0.701.